The van der Waals surface area contributed by atoms with Crippen LogP contribution in [0.2, 0.25) is 0 Å². The summed E-state index contributed by atoms with van der Waals surface area (Å²) in [7, 11) is -13.1. The number of carboxylic acid groups (broad SMARTS) is 1. The van der Waals surface area contributed by atoms with Crippen LogP contribution in [-0.2, 0) is 60.0 Å². The molecule has 5 aromatic rings. The zero-order chi connectivity index (χ0) is 68.5. The zero-order valence-corrected chi connectivity index (χ0v) is 52.0. The second kappa shape index (κ2) is 31.5. The maximum atomic E-state index is 14.7. The number of anilines is 4. The van der Waals surface area contributed by atoms with Crippen LogP contribution in [0.15, 0.2) is 86.8 Å². The van der Waals surface area contributed by atoms with E-state index in [4.69, 9.17) is 40.3 Å². The van der Waals surface area contributed by atoms with Gasteiger partial charge in [0.15, 0.2) is 27.3 Å². The lowest BCUT2D eigenvalue weighted by Gasteiger charge is -2.29. The van der Waals surface area contributed by atoms with E-state index in [1.165, 1.54) is 76.5 Å². The summed E-state index contributed by atoms with van der Waals surface area (Å²) in [4.78, 5) is 111. The molecule has 3 aromatic heterocycles. The van der Waals surface area contributed by atoms with E-state index in [0.717, 1.165) is 42.1 Å². The summed E-state index contributed by atoms with van der Waals surface area (Å²) < 4.78 is 159. The average Bonchev–Trinajstić information content (AvgIpc) is 1.51. The van der Waals surface area contributed by atoms with Gasteiger partial charge in [0.2, 0.25) is 23.7 Å². The number of urea groups is 2. The summed E-state index contributed by atoms with van der Waals surface area (Å²) >= 11 is 0. The van der Waals surface area contributed by atoms with E-state index in [2.05, 4.69) is 51.8 Å². The smallest absolute Gasteiger partial charge is 0.389 e. The molecular formula is C51H56F4N13O20PS3. The second-order valence-electron chi connectivity index (χ2n) is 18.5. The number of aryl methyl sites for hydroxylation is 2. The van der Waals surface area contributed by atoms with E-state index in [9.17, 15) is 76.1 Å². The van der Waals surface area contributed by atoms with Crippen LogP contribution in [0.25, 0.3) is 0 Å². The Morgan fingerprint density at radius 3 is 1.91 bits per heavy atom. The molecule has 0 radical (unpaired) electrons. The molecule has 7 amide bonds. The number of nitrogens with zero attached hydrogens (tertiary/aromatic N) is 8. The van der Waals surface area contributed by atoms with E-state index >= 15 is 0 Å². The van der Waals surface area contributed by atoms with Gasteiger partial charge in [0.05, 0.1) is 68.8 Å². The van der Waals surface area contributed by atoms with Crippen LogP contribution >= 0.6 is 7.60 Å². The first kappa shape index (κ1) is 73.2. The van der Waals surface area contributed by atoms with E-state index in [-0.39, 0.29) is 83.0 Å². The highest BCUT2D eigenvalue weighted by Crippen LogP contribution is 2.42. The molecule has 8 N–H and O–H groups in total. The van der Waals surface area contributed by atoms with E-state index in [0.29, 0.717) is 24.0 Å². The van der Waals surface area contributed by atoms with Gasteiger partial charge < -0.3 is 33.8 Å². The molecule has 33 nitrogen and oxygen atoms in total. The molecule has 41 heteroatoms. The minimum Gasteiger partial charge on any atom is -0.481 e. The first-order valence-electron chi connectivity index (χ1n) is 26.1. The SMILES string of the molecule is C#CCN1C(=O)COc2cc(F)c(N3C(=O)C4=C(CCCC4)C3=O)cc21.CCS(=O)(=O)c1cccnc1S(=O)(=O)NC(=O)Nc1nc(OC)cc(OC)n1.COc1nc(C)nc(NC(=O)NS(=O)(=O)c2ccccc2CCC(F)(F)F)n1.O=C(O)CNCP(=O)(O)O. The van der Waals surface area contributed by atoms with Crippen molar-refractivity contribution < 1.29 is 110 Å². The number of methoxy groups -OCH3 is 3. The standard InChI is InChI=1S/C19H15FN2O4.C15H16F3N5O4S.C14H17N5O7S2.C3H8NO5P/c1-2-7-21-15-9-14(13(20)8-16(15)26-10-17(21)23)22-18(24)11-5-3-4-6-12(11)19(22)25;1-9-19-12(22-14(20-9)27-2)21-13(24)23-28(25,26)11-6-4-3-5-10(11)7-8-15(16,17)18;1-4-27(21,22)9-6-5-7-15-12(9)28(23,24)19-14(20)18-13-16-10(25-2)8-11(17-13)26-3;5-3(6)1-4-2-10(7,8)9/h1,8-9H,3-7,10H2;3-6H,7-8H2,1-2H3,(H2,19,20,21,22,23,24);5-8H,4H2,1-3H3,(H2,16,17,18,19,20);4H,1-2H2,(H,5,6)(H2,7,8,9). The number of rotatable bonds is 19. The Morgan fingerprint density at radius 1 is 0.793 bits per heavy atom. The van der Waals surface area contributed by atoms with Crippen molar-refractivity contribution >= 4 is 96.5 Å². The molecule has 8 rings (SSSR count). The van der Waals surface area contributed by atoms with Crippen molar-refractivity contribution in [2.24, 2.45) is 0 Å². The second-order valence-corrected chi connectivity index (χ2v) is 25.7. The molecule has 0 unspecified atom stereocenters. The van der Waals surface area contributed by atoms with E-state index in [1.807, 2.05) is 0 Å². The summed E-state index contributed by atoms with van der Waals surface area (Å²) in [6, 6.07) is 8.65. The number of hydrogen-bond acceptors (Lipinski definition) is 24. The summed E-state index contributed by atoms with van der Waals surface area (Å²) in [6.45, 7) is 2.15. The lowest BCUT2D eigenvalue weighted by molar-refractivity contribution is -0.136. The Hall–Kier alpha value is -9.52. The van der Waals surface area contributed by atoms with Crippen molar-refractivity contribution in [1.29, 1.82) is 0 Å². The van der Waals surface area contributed by atoms with Gasteiger partial charge in [0, 0.05) is 29.8 Å². The van der Waals surface area contributed by atoms with Gasteiger partial charge in [-0.15, -0.1) is 6.42 Å². The number of benzene rings is 2. The number of amides is 7. The molecular weight excluding hydrogens is 1320 g/mol. The Morgan fingerprint density at radius 2 is 1.37 bits per heavy atom. The molecule has 0 atom stereocenters. The van der Waals surface area contributed by atoms with Crippen molar-refractivity contribution in [3.63, 3.8) is 0 Å². The molecule has 2 aromatic carbocycles. The number of sulfone groups is 1. The van der Waals surface area contributed by atoms with Gasteiger partial charge in [-0.3, -0.25) is 44.6 Å². The molecule has 3 aliphatic rings. The summed E-state index contributed by atoms with van der Waals surface area (Å²) in [6.07, 6.45) is 2.31. The number of pyridine rings is 1. The van der Waals surface area contributed by atoms with Crippen molar-refractivity contribution in [3.05, 3.63) is 89.1 Å². The average molecular weight is 1370 g/mol. The summed E-state index contributed by atoms with van der Waals surface area (Å²) in [5.74, 6) is -1.31. The van der Waals surface area contributed by atoms with Crippen molar-refractivity contribution in [2.75, 3.05) is 73.5 Å². The van der Waals surface area contributed by atoms with Gasteiger partial charge >= 0.3 is 37.8 Å². The van der Waals surface area contributed by atoms with Crippen molar-refractivity contribution in [1.82, 2.24) is 44.7 Å². The first-order valence-corrected chi connectivity index (χ1v) is 32.5. The maximum Gasteiger partial charge on any atom is 0.389 e. The number of carbonyl (C=O) groups is 6. The molecule has 0 spiro atoms. The lowest BCUT2D eigenvalue weighted by Crippen LogP contribution is -2.39. The lowest BCUT2D eigenvalue weighted by atomic mass is 9.93. The summed E-state index contributed by atoms with van der Waals surface area (Å²) in [5.41, 5.74) is 0.921. The minimum absolute atomic E-state index is 0.0170. The fraction of sp³-hybridized carbons (Fsp3) is 0.333. The highest BCUT2D eigenvalue weighted by Gasteiger charge is 2.42. The van der Waals surface area contributed by atoms with Crippen LogP contribution in [0.4, 0.5) is 50.4 Å². The number of imide groups is 1. The van der Waals surface area contributed by atoms with Crippen LogP contribution < -0.4 is 54.1 Å². The van der Waals surface area contributed by atoms with Gasteiger partial charge in [0.25, 0.3) is 37.8 Å². The van der Waals surface area contributed by atoms with Gasteiger partial charge in [0.1, 0.15) is 16.5 Å². The predicted octanol–water partition coefficient (Wildman–Crippen LogP) is 3.11. The van der Waals surface area contributed by atoms with Crippen molar-refractivity contribution in [3.8, 4) is 35.9 Å². The third-order valence-electron chi connectivity index (χ3n) is 12.0. The van der Waals surface area contributed by atoms with Crippen LogP contribution in [0, 0.1) is 25.1 Å². The number of carboxylic acids is 1. The highest BCUT2D eigenvalue weighted by atomic mass is 32.2. The molecule has 0 saturated carbocycles. The fourth-order valence-corrected chi connectivity index (χ4v) is 12.1. The van der Waals surface area contributed by atoms with Crippen LogP contribution in [0.1, 0.15) is 50.4 Å². The molecule has 5 heterocycles. The number of nitrogens with one attached hydrogen (secondary N) is 5. The first-order chi connectivity index (χ1) is 43.1. The van der Waals surface area contributed by atoms with Gasteiger partial charge in [-0.05, 0) is 68.9 Å². The highest BCUT2D eigenvalue weighted by molar-refractivity contribution is 7.93. The third kappa shape index (κ3) is 20.5. The Bertz CT molecular complexity index is 4070. The number of carbonyl (C=O) groups excluding carboxylic acids is 5. The Balaban J connectivity index is 0.000000233. The number of terminal acetylenes is 1. The molecule has 0 bridgehead atoms. The Kier molecular flexibility index (Phi) is 25.1. The van der Waals surface area contributed by atoms with Crippen LogP contribution in [0.3, 0.4) is 0 Å². The third-order valence-corrected chi connectivity index (χ3v) is 17.2. The normalized spacial score (nSPS) is 13.8. The number of sulfonamides is 2. The van der Waals surface area contributed by atoms with Crippen molar-refractivity contribution in [2.45, 2.75) is 73.4 Å². The topological polar surface area (TPSA) is 463 Å². The Labute approximate surface area is 520 Å². The number of ether oxygens (including phenoxy) is 4. The zero-order valence-electron chi connectivity index (χ0n) is 48.7. The number of aliphatic carboxylic acids is 1. The predicted molar refractivity (Wildman–Crippen MR) is 311 cm³/mol. The number of hydrogen-bond donors (Lipinski definition) is 8. The molecule has 1 aliphatic carbocycles. The largest absolute Gasteiger partial charge is 0.481 e. The maximum absolute atomic E-state index is 14.7. The van der Waals surface area contributed by atoms with Crippen LogP contribution in [-0.4, -0.2) is 165 Å². The minimum atomic E-state index is -4.61. The van der Waals surface area contributed by atoms with E-state index in [1.54, 1.807) is 9.44 Å². The number of alkyl halides is 3. The van der Waals surface area contributed by atoms with E-state index < -0.39 is 120 Å². The molecule has 0 saturated heterocycles. The fourth-order valence-electron chi connectivity index (χ4n) is 8.01. The van der Waals surface area contributed by atoms with Gasteiger partial charge in [-0.2, -0.15) is 46.5 Å². The molecule has 496 valence electrons. The molecule has 2 aliphatic heterocycles. The van der Waals surface area contributed by atoms with Gasteiger partial charge in [-0.25, -0.2) is 50.1 Å². The molecule has 0 fully saturated rings. The summed E-state index contributed by atoms with van der Waals surface area (Å²) in [5, 5.41) is 13.5. The monoisotopic (exact) mass is 1370 g/mol. The number of aromatic nitrogens is 6. The molecule has 92 heavy (non-hydrogen) atoms. The number of halogens is 4. The quantitative estimate of drug-likeness (QED) is 0.0255. The van der Waals surface area contributed by atoms with Crippen LogP contribution in [0.5, 0.6) is 23.5 Å². The van der Waals surface area contributed by atoms with Gasteiger partial charge in [-0.1, -0.05) is 31.0 Å². The number of fused-ring (bicyclic) bond motifs is 1.